The van der Waals surface area contributed by atoms with E-state index in [4.69, 9.17) is 5.11 Å². The third kappa shape index (κ3) is 4.91. The molecule has 0 fully saturated rings. The van der Waals surface area contributed by atoms with Crippen molar-refractivity contribution in [1.82, 2.24) is 5.32 Å². The van der Waals surface area contributed by atoms with Gasteiger partial charge in [-0.05, 0) is 62.7 Å². The highest BCUT2D eigenvalue weighted by Gasteiger charge is 2.30. The Morgan fingerprint density at radius 2 is 1.70 bits per heavy atom. The van der Waals surface area contributed by atoms with Gasteiger partial charge >= 0.3 is 5.97 Å². The Labute approximate surface area is 156 Å². The molecule has 27 heavy (non-hydrogen) atoms. The number of benzene rings is 2. The molecule has 6 nitrogen and oxygen atoms in total. The minimum atomic E-state index is -1.13. The van der Waals surface area contributed by atoms with E-state index in [0.717, 1.165) is 0 Å². The first-order valence-corrected chi connectivity index (χ1v) is 8.32. The highest BCUT2D eigenvalue weighted by molar-refractivity contribution is 6.00. The van der Waals surface area contributed by atoms with Crippen LogP contribution >= 0.6 is 0 Å². The van der Waals surface area contributed by atoms with E-state index in [1.807, 2.05) is 0 Å². The number of halogens is 1. The Kier molecular flexibility index (Phi) is 5.95. The van der Waals surface area contributed by atoms with E-state index in [9.17, 15) is 18.8 Å². The van der Waals surface area contributed by atoms with E-state index in [1.165, 1.54) is 31.2 Å². The van der Waals surface area contributed by atoms with Crippen LogP contribution in [0.3, 0.4) is 0 Å². The lowest BCUT2D eigenvalue weighted by Crippen LogP contribution is -2.38. The topological polar surface area (TPSA) is 95.5 Å². The van der Waals surface area contributed by atoms with Crippen LogP contribution in [0.5, 0.6) is 0 Å². The quantitative estimate of drug-likeness (QED) is 0.726. The van der Waals surface area contributed by atoms with Crippen molar-refractivity contribution < 1.29 is 23.9 Å². The zero-order valence-corrected chi connectivity index (χ0v) is 15.2. The number of carbonyl (C=O) groups excluding carboxylic acids is 2. The maximum absolute atomic E-state index is 13.4. The van der Waals surface area contributed by atoms with Gasteiger partial charge < -0.3 is 15.7 Å². The van der Waals surface area contributed by atoms with Gasteiger partial charge in [0.1, 0.15) is 11.9 Å². The zero-order chi connectivity index (χ0) is 20.2. The molecule has 0 aromatic heterocycles. The molecule has 2 aromatic rings. The molecule has 0 saturated carbocycles. The predicted molar refractivity (Wildman–Crippen MR) is 99.1 cm³/mol. The van der Waals surface area contributed by atoms with Crippen LogP contribution in [0, 0.1) is 5.82 Å². The average Bonchev–Trinajstić information content (AvgIpc) is 2.62. The van der Waals surface area contributed by atoms with Gasteiger partial charge in [0.15, 0.2) is 0 Å². The van der Waals surface area contributed by atoms with Crippen molar-refractivity contribution in [2.45, 2.75) is 32.2 Å². The molecule has 2 amide bonds. The van der Waals surface area contributed by atoms with Crippen LogP contribution in [0.4, 0.5) is 10.1 Å². The number of hydrogen-bond donors (Lipinski definition) is 3. The third-order valence-electron chi connectivity index (χ3n) is 4.24. The number of carboxylic acids is 1. The summed E-state index contributed by atoms with van der Waals surface area (Å²) in [4.78, 5) is 35.4. The lowest BCUT2D eigenvalue weighted by atomic mass is 9.83. The molecule has 1 unspecified atom stereocenters. The van der Waals surface area contributed by atoms with Crippen molar-refractivity contribution in [3.8, 4) is 0 Å². The van der Waals surface area contributed by atoms with E-state index in [-0.39, 0.29) is 11.5 Å². The predicted octanol–water partition coefficient (Wildman–Crippen LogP) is 2.94. The van der Waals surface area contributed by atoms with Crippen molar-refractivity contribution in [3.63, 3.8) is 0 Å². The largest absolute Gasteiger partial charge is 0.480 e. The number of rotatable bonds is 6. The van der Waals surface area contributed by atoms with E-state index < -0.39 is 29.2 Å². The van der Waals surface area contributed by atoms with Crippen LogP contribution in [0.2, 0.25) is 0 Å². The van der Waals surface area contributed by atoms with E-state index >= 15 is 0 Å². The number of aliphatic carboxylic acids is 1. The first kappa shape index (κ1) is 20.1. The standard InChI is InChI=1S/C20H21FN2O4/c1-12(18(25)26)22-17(24)13-7-9-16(10-8-13)23-19(27)20(2,3)14-5-4-6-15(21)11-14/h4-12H,1-3H3,(H,22,24)(H,23,27)(H,25,26). The fourth-order valence-corrected chi connectivity index (χ4v) is 2.34. The molecule has 0 aliphatic carbocycles. The zero-order valence-electron chi connectivity index (χ0n) is 15.2. The smallest absolute Gasteiger partial charge is 0.325 e. The molecular weight excluding hydrogens is 351 g/mol. The highest BCUT2D eigenvalue weighted by Crippen LogP contribution is 2.25. The normalized spacial score (nSPS) is 12.1. The van der Waals surface area contributed by atoms with Gasteiger partial charge in [0, 0.05) is 11.3 Å². The van der Waals surface area contributed by atoms with Crippen LogP contribution < -0.4 is 10.6 Å². The van der Waals surface area contributed by atoms with Gasteiger partial charge in [0.2, 0.25) is 5.91 Å². The Hall–Kier alpha value is -3.22. The van der Waals surface area contributed by atoms with Gasteiger partial charge in [-0.2, -0.15) is 0 Å². The summed E-state index contributed by atoms with van der Waals surface area (Å²) in [5.74, 6) is -2.40. The third-order valence-corrected chi connectivity index (χ3v) is 4.24. The summed E-state index contributed by atoms with van der Waals surface area (Å²) >= 11 is 0. The summed E-state index contributed by atoms with van der Waals surface area (Å²) in [5.41, 5.74) is 0.311. The maximum atomic E-state index is 13.4. The molecule has 0 radical (unpaired) electrons. The Bertz CT molecular complexity index is 863. The Balaban J connectivity index is 2.08. The highest BCUT2D eigenvalue weighted by atomic mass is 19.1. The fraction of sp³-hybridized carbons (Fsp3) is 0.250. The second-order valence-corrected chi connectivity index (χ2v) is 6.70. The van der Waals surface area contributed by atoms with E-state index in [1.54, 1.807) is 38.1 Å². The molecule has 1 atom stereocenters. The maximum Gasteiger partial charge on any atom is 0.325 e. The van der Waals surface area contributed by atoms with Gasteiger partial charge in [-0.3, -0.25) is 14.4 Å². The summed E-state index contributed by atoms with van der Waals surface area (Å²) in [6.07, 6.45) is 0. The summed E-state index contributed by atoms with van der Waals surface area (Å²) in [6.45, 7) is 4.74. The van der Waals surface area contributed by atoms with Gasteiger partial charge in [0.25, 0.3) is 5.91 Å². The van der Waals surface area contributed by atoms with Crippen LogP contribution in [0.1, 0.15) is 36.7 Å². The monoisotopic (exact) mass is 372 g/mol. The number of carboxylic acid groups (broad SMARTS) is 1. The first-order chi connectivity index (χ1) is 12.6. The molecule has 0 aliphatic rings. The molecule has 0 bridgehead atoms. The van der Waals surface area contributed by atoms with Crippen molar-refractivity contribution >= 4 is 23.5 Å². The lowest BCUT2D eigenvalue weighted by molar-refractivity contribution is -0.138. The van der Waals surface area contributed by atoms with Crippen LogP contribution in [-0.4, -0.2) is 28.9 Å². The van der Waals surface area contributed by atoms with E-state index in [2.05, 4.69) is 10.6 Å². The molecule has 0 saturated heterocycles. The molecule has 2 aromatic carbocycles. The molecule has 0 spiro atoms. The Morgan fingerprint density at radius 3 is 2.26 bits per heavy atom. The van der Waals surface area contributed by atoms with E-state index in [0.29, 0.717) is 11.3 Å². The first-order valence-electron chi connectivity index (χ1n) is 8.32. The van der Waals surface area contributed by atoms with Crippen molar-refractivity contribution in [2.75, 3.05) is 5.32 Å². The van der Waals surface area contributed by atoms with Crippen LogP contribution in [0.15, 0.2) is 48.5 Å². The van der Waals surface area contributed by atoms with Gasteiger partial charge in [0.05, 0.1) is 5.41 Å². The second-order valence-electron chi connectivity index (χ2n) is 6.70. The summed E-state index contributed by atoms with van der Waals surface area (Å²) in [7, 11) is 0. The SMILES string of the molecule is CC(NC(=O)c1ccc(NC(=O)C(C)(C)c2cccc(F)c2)cc1)C(=O)O. The van der Waals surface area contributed by atoms with Gasteiger partial charge in [-0.15, -0.1) is 0 Å². The number of nitrogens with one attached hydrogen (secondary N) is 2. The second kappa shape index (κ2) is 7.99. The molecule has 2 rings (SSSR count). The van der Waals surface area contributed by atoms with Crippen LogP contribution in [0.25, 0.3) is 0 Å². The van der Waals surface area contributed by atoms with Crippen LogP contribution in [-0.2, 0) is 15.0 Å². The minimum absolute atomic E-state index is 0.269. The summed E-state index contributed by atoms with van der Waals surface area (Å²) in [5, 5.41) is 13.9. The van der Waals surface area contributed by atoms with Gasteiger partial charge in [-0.25, -0.2) is 4.39 Å². The molecular formula is C20H21FN2O4. The molecule has 7 heteroatoms. The van der Waals surface area contributed by atoms with Crippen molar-refractivity contribution in [2.24, 2.45) is 0 Å². The average molecular weight is 372 g/mol. The number of anilines is 1. The number of amides is 2. The molecule has 0 heterocycles. The summed E-state index contributed by atoms with van der Waals surface area (Å²) < 4.78 is 13.4. The molecule has 0 aliphatic heterocycles. The van der Waals surface area contributed by atoms with Crippen molar-refractivity contribution in [1.29, 1.82) is 0 Å². The lowest BCUT2D eigenvalue weighted by Gasteiger charge is -2.24. The fourth-order valence-electron chi connectivity index (χ4n) is 2.34. The molecule has 3 N–H and O–H groups in total. The number of hydrogen-bond acceptors (Lipinski definition) is 3. The number of carbonyl (C=O) groups is 3. The summed E-state index contributed by atoms with van der Waals surface area (Å²) in [6, 6.07) is 10.9. The Morgan fingerprint density at radius 1 is 1.07 bits per heavy atom. The minimum Gasteiger partial charge on any atom is -0.480 e. The van der Waals surface area contributed by atoms with Crippen molar-refractivity contribution in [3.05, 3.63) is 65.5 Å². The van der Waals surface area contributed by atoms with Gasteiger partial charge in [-0.1, -0.05) is 12.1 Å². The molecule has 142 valence electrons.